The van der Waals surface area contributed by atoms with E-state index in [2.05, 4.69) is 17.2 Å². The molecule has 14 heavy (non-hydrogen) atoms. The first-order chi connectivity index (χ1) is 6.72. The summed E-state index contributed by atoms with van der Waals surface area (Å²) in [5, 5.41) is 3.17. The maximum Gasteiger partial charge on any atom is 0.188 e. The van der Waals surface area contributed by atoms with Crippen LogP contribution in [0.1, 0.15) is 26.2 Å². The van der Waals surface area contributed by atoms with E-state index >= 15 is 0 Å². The fourth-order valence-corrected chi connectivity index (χ4v) is 2.72. The molecule has 0 bridgehead atoms. The highest BCUT2D eigenvalue weighted by Gasteiger charge is 2.17. The van der Waals surface area contributed by atoms with E-state index in [9.17, 15) is 4.21 Å². The summed E-state index contributed by atoms with van der Waals surface area (Å²) >= 11 is 0. The van der Waals surface area contributed by atoms with Gasteiger partial charge in [0, 0.05) is 34.9 Å². The Labute approximate surface area is 87.8 Å². The largest absolute Gasteiger partial charge is 0.370 e. The lowest BCUT2D eigenvalue weighted by Gasteiger charge is -2.22. The van der Waals surface area contributed by atoms with Gasteiger partial charge in [0.05, 0.1) is 0 Å². The van der Waals surface area contributed by atoms with Gasteiger partial charge in [0.1, 0.15) is 0 Å². The molecule has 1 fully saturated rings. The van der Waals surface area contributed by atoms with Crippen LogP contribution in [0.4, 0.5) is 0 Å². The number of hydrogen-bond donors (Lipinski definition) is 2. The first kappa shape index (κ1) is 11.5. The Bertz CT molecular complexity index is 220. The minimum atomic E-state index is -0.602. The lowest BCUT2D eigenvalue weighted by atomic mass is 10.2. The van der Waals surface area contributed by atoms with Crippen molar-refractivity contribution in [2.45, 2.75) is 32.2 Å². The lowest BCUT2D eigenvalue weighted by Crippen LogP contribution is -2.43. The Hall–Kier alpha value is -0.580. The number of rotatable bonds is 3. The van der Waals surface area contributed by atoms with E-state index in [1.54, 1.807) is 0 Å². The standard InChI is InChI=1S/C9H19N3OS/c1-2-5-11-9(10)12-8-3-6-14(13)7-4-8/h8H,2-7H2,1H3,(H3,10,11,12). The summed E-state index contributed by atoms with van der Waals surface area (Å²) in [6.07, 6.45) is 2.89. The van der Waals surface area contributed by atoms with Crippen molar-refractivity contribution in [3.63, 3.8) is 0 Å². The molecule has 0 unspecified atom stereocenters. The molecule has 0 aromatic carbocycles. The molecule has 1 heterocycles. The minimum absolute atomic E-state index is 0.369. The molecule has 0 radical (unpaired) electrons. The molecule has 0 saturated carbocycles. The van der Waals surface area contributed by atoms with E-state index in [1.165, 1.54) is 0 Å². The molecule has 1 aliphatic heterocycles. The number of hydrogen-bond acceptors (Lipinski definition) is 2. The maximum absolute atomic E-state index is 11.1. The van der Waals surface area contributed by atoms with Gasteiger partial charge >= 0.3 is 0 Å². The van der Waals surface area contributed by atoms with Gasteiger partial charge in [-0.2, -0.15) is 0 Å². The normalized spacial score (nSPS) is 28.8. The molecule has 4 nitrogen and oxygen atoms in total. The summed E-state index contributed by atoms with van der Waals surface area (Å²) in [4.78, 5) is 4.16. The SMILES string of the molecule is CCCN=C(N)NC1CCS(=O)CC1. The Kier molecular flexibility index (Phi) is 4.93. The molecular formula is C9H19N3OS. The fourth-order valence-electron chi connectivity index (χ4n) is 1.43. The topological polar surface area (TPSA) is 67.5 Å². The van der Waals surface area contributed by atoms with Crippen LogP contribution in [0.25, 0.3) is 0 Å². The van der Waals surface area contributed by atoms with Crippen LogP contribution < -0.4 is 11.1 Å². The van der Waals surface area contributed by atoms with Gasteiger partial charge < -0.3 is 11.1 Å². The van der Waals surface area contributed by atoms with E-state index in [0.717, 1.165) is 37.3 Å². The van der Waals surface area contributed by atoms with Gasteiger partial charge in [0.25, 0.3) is 0 Å². The van der Waals surface area contributed by atoms with E-state index in [1.807, 2.05) is 0 Å². The van der Waals surface area contributed by atoms with Crippen LogP contribution >= 0.6 is 0 Å². The first-order valence-corrected chi connectivity index (χ1v) is 6.62. The van der Waals surface area contributed by atoms with E-state index < -0.39 is 10.8 Å². The molecule has 0 amide bonds. The lowest BCUT2D eigenvalue weighted by molar-refractivity contribution is 0.548. The average molecular weight is 217 g/mol. The van der Waals surface area contributed by atoms with Crippen molar-refractivity contribution in [1.82, 2.24) is 5.32 Å². The Morgan fingerprint density at radius 2 is 2.21 bits per heavy atom. The van der Waals surface area contributed by atoms with E-state index in [4.69, 9.17) is 5.73 Å². The van der Waals surface area contributed by atoms with Crippen LogP contribution in [0.15, 0.2) is 4.99 Å². The summed E-state index contributed by atoms with van der Waals surface area (Å²) in [5.74, 6) is 2.11. The Morgan fingerprint density at radius 3 is 2.79 bits per heavy atom. The third-order valence-electron chi connectivity index (χ3n) is 2.25. The smallest absolute Gasteiger partial charge is 0.188 e. The van der Waals surface area contributed by atoms with E-state index in [0.29, 0.717) is 12.0 Å². The summed E-state index contributed by atoms with van der Waals surface area (Å²) in [5.41, 5.74) is 5.69. The van der Waals surface area contributed by atoms with Crippen molar-refractivity contribution < 1.29 is 4.21 Å². The molecule has 0 aromatic heterocycles. The Morgan fingerprint density at radius 1 is 1.57 bits per heavy atom. The van der Waals surface area contributed by atoms with Crippen molar-refractivity contribution in [2.75, 3.05) is 18.1 Å². The second-order valence-corrected chi connectivity index (χ2v) is 5.23. The van der Waals surface area contributed by atoms with Gasteiger partial charge in [-0.3, -0.25) is 9.20 Å². The molecule has 3 N–H and O–H groups in total. The highest BCUT2D eigenvalue weighted by Crippen LogP contribution is 2.08. The van der Waals surface area contributed by atoms with Gasteiger partial charge in [0.2, 0.25) is 0 Å². The van der Waals surface area contributed by atoms with Crippen LogP contribution in [-0.2, 0) is 10.8 Å². The van der Waals surface area contributed by atoms with Gasteiger partial charge in [-0.25, -0.2) is 0 Å². The number of nitrogens with zero attached hydrogens (tertiary/aromatic N) is 1. The summed E-state index contributed by atoms with van der Waals surface area (Å²) in [6.45, 7) is 2.85. The highest BCUT2D eigenvalue weighted by atomic mass is 32.2. The van der Waals surface area contributed by atoms with E-state index in [-0.39, 0.29) is 0 Å². The number of nitrogens with one attached hydrogen (secondary N) is 1. The quantitative estimate of drug-likeness (QED) is 0.524. The van der Waals surface area contributed by atoms with Crippen LogP contribution in [0.3, 0.4) is 0 Å². The van der Waals surface area contributed by atoms with Gasteiger partial charge in [-0.15, -0.1) is 0 Å². The Balaban J connectivity index is 2.26. The minimum Gasteiger partial charge on any atom is -0.370 e. The number of aliphatic imine (C=N–C) groups is 1. The molecule has 1 saturated heterocycles. The van der Waals surface area contributed by atoms with Crippen molar-refractivity contribution in [2.24, 2.45) is 10.7 Å². The zero-order valence-electron chi connectivity index (χ0n) is 8.66. The summed E-state index contributed by atoms with van der Waals surface area (Å²) in [6, 6.07) is 0.369. The second-order valence-electron chi connectivity index (χ2n) is 3.53. The highest BCUT2D eigenvalue weighted by molar-refractivity contribution is 7.85. The van der Waals surface area contributed by atoms with Crippen molar-refractivity contribution in [3.05, 3.63) is 0 Å². The van der Waals surface area contributed by atoms with Crippen molar-refractivity contribution in [3.8, 4) is 0 Å². The molecule has 0 aliphatic carbocycles. The molecular weight excluding hydrogens is 198 g/mol. The van der Waals surface area contributed by atoms with Crippen molar-refractivity contribution >= 4 is 16.8 Å². The fraction of sp³-hybridized carbons (Fsp3) is 0.889. The zero-order chi connectivity index (χ0) is 10.4. The molecule has 5 heteroatoms. The summed E-state index contributed by atoms with van der Waals surface area (Å²) < 4.78 is 11.1. The summed E-state index contributed by atoms with van der Waals surface area (Å²) in [7, 11) is -0.602. The third kappa shape index (κ3) is 4.09. The van der Waals surface area contributed by atoms with Gasteiger partial charge in [-0.05, 0) is 19.3 Å². The first-order valence-electron chi connectivity index (χ1n) is 5.13. The molecule has 82 valence electrons. The van der Waals surface area contributed by atoms with Crippen LogP contribution in [0, 0.1) is 0 Å². The number of nitrogens with two attached hydrogens (primary N) is 1. The van der Waals surface area contributed by atoms with Gasteiger partial charge in [-0.1, -0.05) is 6.92 Å². The molecule has 0 spiro atoms. The predicted octanol–water partition coefficient (Wildman–Crippen LogP) is 0.212. The van der Waals surface area contributed by atoms with Gasteiger partial charge in [0.15, 0.2) is 5.96 Å². The zero-order valence-corrected chi connectivity index (χ0v) is 9.48. The molecule has 0 atom stereocenters. The van der Waals surface area contributed by atoms with Crippen molar-refractivity contribution in [1.29, 1.82) is 0 Å². The second kappa shape index (κ2) is 6.01. The third-order valence-corrected chi connectivity index (χ3v) is 3.63. The predicted molar refractivity (Wildman–Crippen MR) is 60.8 cm³/mol. The van der Waals surface area contributed by atoms with Crippen LogP contribution in [0.5, 0.6) is 0 Å². The monoisotopic (exact) mass is 217 g/mol. The molecule has 1 rings (SSSR count). The average Bonchev–Trinajstić information content (AvgIpc) is 2.18. The maximum atomic E-state index is 11.1. The number of guanidine groups is 1. The molecule has 1 aliphatic rings. The van der Waals surface area contributed by atoms with Crippen LogP contribution in [-0.4, -0.2) is 34.3 Å². The van der Waals surface area contributed by atoms with Crippen LogP contribution in [0.2, 0.25) is 0 Å². The molecule has 0 aromatic rings.